The Morgan fingerprint density at radius 2 is 1.54 bits per heavy atom. The van der Waals surface area contributed by atoms with E-state index in [1.807, 2.05) is 6.92 Å². The minimum atomic E-state index is -3.73. The molecule has 134 valence electrons. The highest BCUT2D eigenvalue weighted by molar-refractivity contribution is 7.91. The van der Waals surface area contributed by atoms with Crippen molar-refractivity contribution in [2.45, 2.75) is 16.7 Å². The zero-order chi connectivity index (χ0) is 18.9. The summed E-state index contributed by atoms with van der Waals surface area (Å²) in [5, 5.41) is 0.559. The van der Waals surface area contributed by atoms with Gasteiger partial charge in [-0.25, -0.2) is 12.8 Å². The number of halogens is 2. The summed E-state index contributed by atoms with van der Waals surface area (Å²) in [4.78, 5) is 0.192. The van der Waals surface area contributed by atoms with Gasteiger partial charge in [-0.2, -0.15) is 0 Å². The van der Waals surface area contributed by atoms with E-state index in [9.17, 15) is 12.8 Å². The van der Waals surface area contributed by atoms with Crippen molar-refractivity contribution < 1.29 is 17.5 Å². The lowest BCUT2D eigenvalue weighted by Crippen LogP contribution is -2.03. The number of hydrogen-bond donors (Lipinski definition) is 0. The molecular formula is C20H16ClFO3S. The van der Waals surface area contributed by atoms with E-state index in [-0.39, 0.29) is 9.79 Å². The van der Waals surface area contributed by atoms with Crippen molar-refractivity contribution >= 4 is 21.4 Å². The van der Waals surface area contributed by atoms with Gasteiger partial charge in [-0.1, -0.05) is 17.7 Å². The Balaban J connectivity index is 2.08. The van der Waals surface area contributed by atoms with Crippen LogP contribution in [-0.4, -0.2) is 15.5 Å². The normalized spacial score (nSPS) is 11.4. The highest BCUT2D eigenvalue weighted by Gasteiger charge is 2.19. The van der Waals surface area contributed by atoms with Crippen LogP contribution >= 0.6 is 11.6 Å². The van der Waals surface area contributed by atoms with Gasteiger partial charge in [0.25, 0.3) is 0 Å². The monoisotopic (exact) mass is 390 g/mol. The standard InChI is InChI=1S/C20H16ClFO3S/c1-13-11-17(26(23,24)16-6-4-15(22)5-7-16)8-9-18(13)19-12-14(21)3-10-20(19)25-2/h3-12H,1-2H3. The van der Waals surface area contributed by atoms with Crippen molar-refractivity contribution in [3.63, 3.8) is 0 Å². The van der Waals surface area contributed by atoms with Crippen molar-refractivity contribution in [1.82, 2.24) is 0 Å². The molecule has 0 aliphatic rings. The lowest BCUT2D eigenvalue weighted by atomic mass is 10.00. The Bertz CT molecular complexity index is 1060. The minimum absolute atomic E-state index is 0.0476. The molecule has 0 unspecified atom stereocenters. The van der Waals surface area contributed by atoms with Crippen LogP contribution in [0, 0.1) is 12.7 Å². The molecule has 0 saturated heterocycles. The molecular weight excluding hydrogens is 375 g/mol. The van der Waals surface area contributed by atoms with E-state index in [2.05, 4.69) is 0 Å². The molecule has 6 heteroatoms. The number of hydrogen-bond acceptors (Lipinski definition) is 3. The third-order valence-electron chi connectivity index (χ3n) is 4.08. The van der Waals surface area contributed by atoms with E-state index >= 15 is 0 Å². The third kappa shape index (κ3) is 3.45. The first kappa shape index (κ1) is 18.4. The highest BCUT2D eigenvalue weighted by atomic mass is 35.5. The van der Waals surface area contributed by atoms with Crippen molar-refractivity contribution in [3.05, 3.63) is 77.1 Å². The molecule has 0 bridgehead atoms. The van der Waals surface area contributed by atoms with Crippen LogP contribution in [0.5, 0.6) is 5.75 Å². The molecule has 0 saturated carbocycles. The Morgan fingerprint density at radius 3 is 2.15 bits per heavy atom. The SMILES string of the molecule is COc1ccc(Cl)cc1-c1ccc(S(=O)(=O)c2ccc(F)cc2)cc1C. The van der Waals surface area contributed by atoms with Crippen LogP contribution in [0.25, 0.3) is 11.1 Å². The predicted molar refractivity (Wildman–Crippen MR) is 100 cm³/mol. The molecule has 0 spiro atoms. The number of ether oxygens (including phenoxy) is 1. The number of rotatable bonds is 4. The van der Waals surface area contributed by atoms with Crippen molar-refractivity contribution in [3.8, 4) is 16.9 Å². The maximum atomic E-state index is 13.1. The first-order chi connectivity index (χ1) is 12.3. The lowest BCUT2D eigenvalue weighted by molar-refractivity contribution is 0.416. The molecule has 26 heavy (non-hydrogen) atoms. The fraction of sp³-hybridized carbons (Fsp3) is 0.100. The topological polar surface area (TPSA) is 43.4 Å². The fourth-order valence-corrected chi connectivity index (χ4v) is 4.26. The second-order valence-electron chi connectivity index (χ2n) is 5.78. The molecule has 0 N–H and O–H groups in total. The summed E-state index contributed by atoms with van der Waals surface area (Å²) in [7, 11) is -2.16. The molecule has 0 amide bonds. The molecule has 0 aliphatic heterocycles. The van der Waals surface area contributed by atoms with Crippen LogP contribution in [0.3, 0.4) is 0 Å². The van der Waals surface area contributed by atoms with Crippen LogP contribution < -0.4 is 4.74 Å². The summed E-state index contributed by atoms with van der Waals surface area (Å²) < 4.78 is 44.0. The van der Waals surface area contributed by atoms with Gasteiger partial charge in [0.05, 0.1) is 16.9 Å². The Morgan fingerprint density at radius 1 is 0.885 bits per heavy atom. The van der Waals surface area contributed by atoms with E-state index in [0.29, 0.717) is 10.8 Å². The van der Waals surface area contributed by atoms with Crippen LogP contribution in [0.15, 0.2) is 70.5 Å². The van der Waals surface area contributed by atoms with Gasteiger partial charge in [-0.15, -0.1) is 0 Å². The number of methoxy groups -OCH3 is 1. The molecule has 3 aromatic rings. The maximum Gasteiger partial charge on any atom is 0.206 e. The Kier molecular flexibility index (Phi) is 5.03. The summed E-state index contributed by atoms with van der Waals surface area (Å²) in [6.45, 7) is 1.82. The van der Waals surface area contributed by atoms with Gasteiger partial charge < -0.3 is 4.74 Å². The molecule has 3 nitrogen and oxygen atoms in total. The van der Waals surface area contributed by atoms with Crippen LogP contribution in [-0.2, 0) is 9.84 Å². The molecule has 3 rings (SSSR count). The second kappa shape index (κ2) is 7.09. The molecule has 0 aromatic heterocycles. The van der Waals surface area contributed by atoms with E-state index < -0.39 is 15.7 Å². The van der Waals surface area contributed by atoms with E-state index in [1.165, 1.54) is 18.2 Å². The smallest absolute Gasteiger partial charge is 0.206 e. The fourth-order valence-electron chi connectivity index (χ4n) is 2.75. The van der Waals surface area contributed by atoms with Crippen molar-refractivity contribution in [2.75, 3.05) is 7.11 Å². The molecule has 0 aliphatic carbocycles. The summed E-state index contributed by atoms with van der Waals surface area (Å²) in [5.41, 5.74) is 2.36. The number of sulfone groups is 1. The van der Waals surface area contributed by atoms with E-state index in [1.54, 1.807) is 37.4 Å². The van der Waals surface area contributed by atoms with Gasteiger partial charge in [0.2, 0.25) is 9.84 Å². The van der Waals surface area contributed by atoms with Gasteiger partial charge in [0.15, 0.2) is 0 Å². The molecule has 0 heterocycles. The quantitative estimate of drug-likeness (QED) is 0.568. The molecule has 3 aromatic carbocycles. The van der Waals surface area contributed by atoms with E-state index in [4.69, 9.17) is 16.3 Å². The van der Waals surface area contributed by atoms with Gasteiger partial charge in [0, 0.05) is 10.6 Å². The van der Waals surface area contributed by atoms with Crippen molar-refractivity contribution in [1.29, 1.82) is 0 Å². The van der Waals surface area contributed by atoms with Crippen LogP contribution in [0.2, 0.25) is 5.02 Å². The molecule has 0 fully saturated rings. The summed E-state index contributed by atoms with van der Waals surface area (Å²) >= 11 is 6.09. The largest absolute Gasteiger partial charge is 0.496 e. The number of aryl methyl sites for hydroxylation is 1. The van der Waals surface area contributed by atoms with Gasteiger partial charge in [-0.3, -0.25) is 0 Å². The minimum Gasteiger partial charge on any atom is -0.496 e. The highest BCUT2D eigenvalue weighted by Crippen LogP contribution is 2.35. The van der Waals surface area contributed by atoms with E-state index in [0.717, 1.165) is 28.8 Å². The average molecular weight is 391 g/mol. The second-order valence-corrected chi connectivity index (χ2v) is 8.16. The van der Waals surface area contributed by atoms with Gasteiger partial charge in [0.1, 0.15) is 11.6 Å². The Labute approximate surface area is 156 Å². The first-order valence-corrected chi connectivity index (χ1v) is 9.64. The zero-order valence-corrected chi connectivity index (χ0v) is 15.7. The summed E-state index contributed by atoms with van der Waals surface area (Å²) in [6.07, 6.45) is 0. The van der Waals surface area contributed by atoms with Gasteiger partial charge >= 0.3 is 0 Å². The van der Waals surface area contributed by atoms with Crippen molar-refractivity contribution in [2.24, 2.45) is 0 Å². The lowest BCUT2D eigenvalue weighted by Gasteiger charge is -2.13. The molecule has 0 atom stereocenters. The third-order valence-corrected chi connectivity index (χ3v) is 6.09. The van der Waals surface area contributed by atoms with Gasteiger partial charge in [-0.05, 0) is 72.6 Å². The average Bonchev–Trinajstić information content (AvgIpc) is 2.62. The zero-order valence-electron chi connectivity index (χ0n) is 14.2. The number of benzene rings is 3. The summed E-state index contributed by atoms with van der Waals surface area (Å²) in [5.74, 6) is 0.162. The molecule has 0 radical (unpaired) electrons. The maximum absolute atomic E-state index is 13.1. The van der Waals surface area contributed by atoms with Crippen LogP contribution in [0.1, 0.15) is 5.56 Å². The first-order valence-electron chi connectivity index (χ1n) is 7.78. The summed E-state index contributed by atoms with van der Waals surface area (Å²) in [6, 6.07) is 14.9. The predicted octanol–water partition coefficient (Wildman–Crippen LogP) is 5.30. The Hall–Kier alpha value is -2.37. The van der Waals surface area contributed by atoms with Crippen LogP contribution in [0.4, 0.5) is 4.39 Å².